The van der Waals surface area contributed by atoms with Gasteiger partial charge in [0.05, 0.1) is 12.7 Å². The topological polar surface area (TPSA) is 12.5 Å². The van der Waals surface area contributed by atoms with Gasteiger partial charge in [0.25, 0.3) is 0 Å². The zero-order valence-corrected chi connectivity index (χ0v) is 13.1. The molecule has 0 bridgehead atoms. The maximum Gasteiger partial charge on any atom is 0.0850 e. The Bertz CT molecular complexity index is 703. The van der Waals surface area contributed by atoms with Crippen molar-refractivity contribution >= 4 is 0 Å². The van der Waals surface area contributed by atoms with E-state index >= 15 is 0 Å². The van der Waals surface area contributed by atoms with Crippen LogP contribution in [0, 0.1) is 0 Å². The lowest BCUT2D eigenvalue weighted by molar-refractivity contribution is 0.407. The van der Waals surface area contributed by atoms with E-state index < -0.39 is 0 Å². The zero-order valence-electron chi connectivity index (χ0n) is 13.1. The van der Waals surface area contributed by atoms with Gasteiger partial charge in [0.1, 0.15) is 0 Å². The molecule has 1 aliphatic heterocycles. The van der Waals surface area contributed by atoms with Gasteiger partial charge in [-0.15, -0.1) is 0 Å². The summed E-state index contributed by atoms with van der Waals surface area (Å²) in [6, 6.07) is 30.5. The van der Waals surface area contributed by atoms with Crippen LogP contribution in [0.5, 0.6) is 0 Å². The number of ether oxygens (including phenoxy) is 1. The number of epoxide rings is 1. The molecular formula is C22H20O. The quantitative estimate of drug-likeness (QED) is 0.487. The van der Waals surface area contributed by atoms with Crippen LogP contribution in [-0.2, 0) is 11.2 Å². The largest absolute Gasteiger partial charge is 0.373 e. The molecule has 1 heteroatoms. The van der Waals surface area contributed by atoms with Crippen molar-refractivity contribution < 1.29 is 4.74 Å². The van der Waals surface area contributed by atoms with Crippen molar-refractivity contribution in [1.82, 2.24) is 0 Å². The molecule has 1 atom stereocenters. The molecule has 3 aromatic carbocycles. The van der Waals surface area contributed by atoms with Crippen molar-refractivity contribution in [2.24, 2.45) is 0 Å². The summed E-state index contributed by atoms with van der Waals surface area (Å²) in [5.41, 5.74) is 5.35. The van der Waals surface area contributed by atoms with Crippen LogP contribution >= 0.6 is 0 Å². The summed E-state index contributed by atoms with van der Waals surface area (Å²) >= 11 is 0. The molecule has 0 unspecified atom stereocenters. The monoisotopic (exact) mass is 300 g/mol. The van der Waals surface area contributed by atoms with Crippen molar-refractivity contribution in [3.63, 3.8) is 0 Å². The van der Waals surface area contributed by atoms with Gasteiger partial charge in [-0.2, -0.15) is 0 Å². The van der Waals surface area contributed by atoms with Crippen LogP contribution in [0.4, 0.5) is 0 Å². The average molecular weight is 300 g/mol. The minimum atomic E-state index is 0.281. The molecule has 1 saturated heterocycles. The fourth-order valence-electron chi connectivity index (χ4n) is 3.16. The Balaban J connectivity index is 1.70. The molecule has 1 fully saturated rings. The SMILES string of the molecule is c1ccc(C(c2ccccc2)c2ccc(C[C@H]3CO3)cc2)cc1. The summed E-state index contributed by atoms with van der Waals surface area (Å²) in [5.74, 6) is 0.281. The van der Waals surface area contributed by atoms with Crippen LogP contribution in [-0.4, -0.2) is 12.7 Å². The standard InChI is InChI=1S/C22H20O/c1-3-7-18(8-4-1)22(19-9-5-2-6-10-19)20-13-11-17(12-14-20)15-21-16-23-21/h1-14,21-22H,15-16H2/t21-/m0/s1. The molecule has 0 aliphatic carbocycles. The van der Waals surface area contributed by atoms with E-state index in [0.29, 0.717) is 6.10 Å². The Morgan fingerprint density at radius 1 is 0.696 bits per heavy atom. The lowest BCUT2D eigenvalue weighted by atomic mass is 9.85. The van der Waals surface area contributed by atoms with E-state index in [0.717, 1.165) is 13.0 Å². The molecule has 1 heterocycles. The molecule has 1 nitrogen and oxygen atoms in total. The maximum atomic E-state index is 5.33. The first-order chi connectivity index (χ1) is 11.4. The van der Waals surface area contributed by atoms with E-state index in [-0.39, 0.29) is 5.92 Å². The van der Waals surface area contributed by atoms with Gasteiger partial charge in [-0.25, -0.2) is 0 Å². The van der Waals surface area contributed by atoms with Crippen molar-refractivity contribution in [2.75, 3.05) is 6.61 Å². The van der Waals surface area contributed by atoms with Gasteiger partial charge in [-0.1, -0.05) is 84.9 Å². The summed E-state index contributed by atoms with van der Waals surface area (Å²) in [6.07, 6.45) is 1.47. The summed E-state index contributed by atoms with van der Waals surface area (Å²) in [6.45, 7) is 0.915. The van der Waals surface area contributed by atoms with Crippen LogP contribution < -0.4 is 0 Å². The van der Waals surface area contributed by atoms with E-state index in [1.807, 2.05) is 0 Å². The number of rotatable bonds is 5. The molecular weight excluding hydrogens is 280 g/mol. The molecule has 0 spiro atoms. The molecule has 1 aliphatic rings. The third-order valence-corrected chi connectivity index (χ3v) is 4.44. The van der Waals surface area contributed by atoms with Gasteiger partial charge in [-0.05, 0) is 22.3 Å². The minimum Gasteiger partial charge on any atom is -0.373 e. The summed E-state index contributed by atoms with van der Waals surface area (Å²) < 4.78 is 5.33. The highest BCUT2D eigenvalue weighted by atomic mass is 16.6. The first-order valence-electron chi connectivity index (χ1n) is 8.20. The van der Waals surface area contributed by atoms with Crippen LogP contribution in [0.1, 0.15) is 28.2 Å². The Morgan fingerprint density at radius 3 is 1.65 bits per heavy atom. The Labute approximate surface area is 137 Å². The average Bonchev–Trinajstić information content (AvgIpc) is 3.43. The van der Waals surface area contributed by atoms with E-state index in [1.54, 1.807) is 0 Å². The second kappa shape index (κ2) is 6.39. The second-order valence-corrected chi connectivity index (χ2v) is 6.16. The third-order valence-electron chi connectivity index (χ3n) is 4.44. The van der Waals surface area contributed by atoms with E-state index in [4.69, 9.17) is 4.74 Å². The predicted molar refractivity (Wildman–Crippen MR) is 93.7 cm³/mol. The van der Waals surface area contributed by atoms with Crippen molar-refractivity contribution in [1.29, 1.82) is 0 Å². The van der Waals surface area contributed by atoms with Gasteiger partial charge >= 0.3 is 0 Å². The highest BCUT2D eigenvalue weighted by Gasteiger charge is 2.23. The van der Waals surface area contributed by atoms with Crippen LogP contribution in [0.2, 0.25) is 0 Å². The van der Waals surface area contributed by atoms with E-state index in [1.165, 1.54) is 22.3 Å². The van der Waals surface area contributed by atoms with Gasteiger partial charge in [0.15, 0.2) is 0 Å². The number of benzene rings is 3. The molecule has 23 heavy (non-hydrogen) atoms. The predicted octanol–water partition coefficient (Wildman–Crippen LogP) is 4.81. The van der Waals surface area contributed by atoms with Crippen LogP contribution in [0.3, 0.4) is 0 Å². The van der Waals surface area contributed by atoms with Crippen molar-refractivity contribution in [3.05, 3.63) is 107 Å². The molecule has 0 aromatic heterocycles. The molecule has 114 valence electrons. The number of hydrogen-bond donors (Lipinski definition) is 0. The molecule has 3 aromatic rings. The summed E-state index contributed by atoms with van der Waals surface area (Å²) in [4.78, 5) is 0. The molecule has 0 radical (unpaired) electrons. The van der Waals surface area contributed by atoms with Gasteiger partial charge in [0.2, 0.25) is 0 Å². The van der Waals surface area contributed by atoms with Crippen LogP contribution in [0.25, 0.3) is 0 Å². The third kappa shape index (κ3) is 3.35. The lowest BCUT2D eigenvalue weighted by Gasteiger charge is -2.19. The highest BCUT2D eigenvalue weighted by molar-refractivity contribution is 5.43. The van der Waals surface area contributed by atoms with Gasteiger partial charge < -0.3 is 4.74 Å². The Kier molecular flexibility index (Phi) is 3.95. The van der Waals surface area contributed by atoms with E-state index in [9.17, 15) is 0 Å². The zero-order chi connectivity index (χ0) is 15.5. The van der Waals surface area contributed by atoms with Crippen molar-refractivity contribution in [2.45, 2.75) is 18.4 Å². The lowest BCUT2D eigenvalue weighted by Crippen LogP contribution is -2.03. The first-order valence-corrected chi connectivity index (χ1v) is 8.20. The molecule has 0 saturated carbocycles. The van der Waals surface area contributed by atoms with Crippen LogP contribution in [0.15, 0.2) is 84.9 Å². The smallest absolute Gasteiger partial charge is 0.0850 e. The fourth-order valence-corrected chi connectivity index (χ4v) is 3.16. The molecule has 0 N–H and O–H groups in total. The van der Waals surface area contributed by atoms with Gasteiger partial charge in [0, 0.05) is 12.3 Å². The summed E-state index contributed by atoms with van der Waals surface area (Å²) in [7, 11) is 0. The normalized spacial score (nSPS) is 16.5. The first kappa shape index (κ1) is 14.2. The minimum absolute atomic E-state index is 0.281. The summed E-state index contributed by atoms with van der Waals surface area (Å²) in [5, 5.41) is 0. The fraction of sp³-hybridized carbons (Fsp3) is 0.182. The molecule has 0 amide bonds. The number of hydrogen-bond acceptors (Lipinski definition) is 1. The second-order valence-electron chi connectivity index (χ2n) is 6.16. The Morgan fingerprint density at radius 2 is 1.17 bits per heavy atom. The Hall–Kier alpha value is -2.38. The van der Waals surface area contributed by atoms with E-state index in [2.05, 4.69) is 84.9 Å². The van der Waals surface area contributed by atoms with Crippen molar-refractivity contribution in [3.8, 4) is 0 Å². The molecule has 4 rings (SSSR count). The maximum absolute atomic E-state index is 5.33. The van der Waals surface area contributed by atoms with Gasteiger partial charge in [-0.3, -0.25) is 0 Å². The highest BCUT2D eigenvalue weighted by Crippen LogP contribution is 2.32.